The van der Waals surface area contributed by atoms with Crippen molar-refractivity contribution in [3.8, 4) is 11.3 Å². The van der Waals surface area contributed by atoms with E-state index in [0.29, 0.717) is 16.3 Å². The standard InChI is InChI=1S/C20H15ClN4O3/c1-25-11-15(14-4-2-3-5-17(14)25)19(26)22-23-20(27)16-10-18(28-24-16)12-6-8-13(21)9-7-12/h2-11H,1H3,(H,22,26)(H,23,27). The summed E-state index contributed by atoms with van der Waals surface area (Å²) in [6.45, 7) is 0. The lowest BCUT2D eigenvalue weighted by atomic mass is 10.1. The number of para-hydroxylation sites is 1. The molecule has 0 fully saturated rings. The Balaban J connectivity index is 1.45. The predicted molar refractivity (Wildman–Crippen MR) is 105 cm³/mol. The van der Waals surface area contributed by atoms with E-state index in [1.165, 1.54) is 6.07 Å². The third-order valence-electron chi connectivity index (χ3n) is 4.30. The summed E-state index contributed by atoms with van der Waals surface area (Å²) < 4.78 is 7.04. The summed E-state index contributed by atoms with van der Waals surface area (Å²) in [7, 11) is 1.85. The number of halogens is 1. The minimum absolute atomic E-state index is 0.0446. The van der Waals surface area contributed by atoms with Gasteiger partial charge in [0.15, 0.2) is 11.5 Å². The van der Waals surface area contributed by atoms with Crippen LogP contribution in [0.4, 0.5) is 0 Å². The molecular formula is C20H15ClN4O3. The van der Waals surface area contributed by atoms with Crippen molar-refractivity contribution < 1.29 is 14.1 Å². The summed E-state index contributed by atoms with van der Waals surface area (Å²) in [5.41, 5.74) is 6.92. The van der Waals surface area contributed by atoms with Crippen LogP contribution in [0.25, 0.3) is 22.2 Å². The Bertz CT molecular complexity index is 1180. The molecule has 0 aliphatic carbocycles. The van der Waals surface area contributed by atoms with Gasteiger partial charge in [0.25, 0.3) is 11.8 Å². The van der Waals surface area contributed by atoms with Gasteiger partial charge in [0.2, 0.25) is 0 Å². The van der Waals surface area contributed by atoms with Gasteiger partial charge in [0.05, 0.1) is 5.56 Å². The maximum absolute atomic E-state index is 12.5. The minimum Gasteiger partial charge on any atom is -0.355 e. The number of aromatic nitrogens is 2. The van der Waals surface area contributed by atoms with Gasteiger partial charge in [0.1, 0.15) is 0 Å². The highest BCUT2D eigenvalue weighted by Crippen LogP contribution is 2.22. The summed E-state index contributed by atoms with van der Waals surface area (Å²) in [5, 5.41) is 5.13. The average molecular weight is 395 g/mol. The molecule has 28 heavy (non-hydrogen) atoms. The number of nitrogens with one attached hydrogen (secondary N) is 2. The number of carbonyl (C=O) groups is 2. The van der Waals surface area contributed by atoms with Crippen molar-refractivity contribution >= 4 is 34.3 Å². The highest BCUT2D eigenvalue weighted by Gasteiger charge is 2.17. The lowest BCUT2D eigenvalue weighted by Crippen LogP contribution is -2.41. The second-order valence-electron chi connectivity index (χ2n) is 6.16. The maximum Gasteiger partial charge on any atom is 0.291 e. The third kappa shape index (κ3) is 3.35. The predicted octanol–water partition coefficient (Wildman–Crippen LogP) is 3.56. The van der Waals surface area contributed by atoms with Gasteiger partial charge in [-0.05, 0) is 30.3 Å². The largest absolute Gasteiger partial charge is 0.355 e. The lowest BCUT2D eigenvalue weighted by molar-refractivity contribution is 0.0842. The van der Waals surface area contributed by atoms with E-state index < -0.39 is 11.8 Å². The van der Waals surface area contributed by atoms with Crippen LogP contribution in [-0.2, 0) is 7.05 Å². The van der Waals surface area contributed by atoms with Crippen molar-refractivity contribution in [3.63, 3.8) is 0 Å². The molecule has 2 N–H and O–H groups in total. The van der Waals surface area contributed by atoms with Crippen LogP contribution >= 0.6 is 11.6 Å². The number of amides is 2. The van der Waals surface area contributed by atoms with Crippen LogP contribution in [0, 0.1) is 0 Å². The number of nitrogens with zero attached hydrogens (tertiary/aromatic N) is 2. The zero-order chi connectivity index (χ0) is 19.7. The van der Waals surface area contributed by atoms with Crippen molar-refractivity contribution in [1.82, 2.24) is 20.6 Å². The van der Waals surface area contributed by atoms with E-state index in [4.69, 9.17) is 16.1 Å². The molecule has 7 nitrogen and oxygen atoms in total. The van der Waals surface area contributed by atoms with Crippen LogP contribution in [0.15, 0.2) is 65.3 Å². The number of fused-ring (bicyclic) bond motifs is 1. The molecule has 0 bridgehead atoms. The first-order valence-corrected chi connectivity index (χ1v) is 8.78. The fourth-order valence-electron chi connectivity index (χ4n) is 2.90. The first-order valence-electron chi connectivity index (χ1n) is 8.40. The minimum atomic E-state index is -0.586. The molecule has 8 heteroatoms. The molecule has 0 atom stereocenters. The normalized spacial score (nSPS) is 10.8. The molecule has 0 saturated carbocycles. The number of hydrogen-bond donors (Lipinski definition) is 2. The van der Waals surface area contributed by atoms with Gasteiger partial charge in [-0.3, -0.25) is 20.4 Å². The molecule has 2 heterocycles. The van der Waals surface area contributed by atoms with Crippen LogP contribution in [-0.4, -0.2) is 21.5 Å². The fourth-order valence-corrected chi connectivity index (χ4v) is 3.03. The molecule has 2 amide bonds. The van der Waals surface area contributed by atoms with Crippen LogP contribution < -0.4 is 10.9 Å². The van der Waals surface area contributed by atoms with E-state index in [2.05, 4.69) is 16.0 Å². The van der Waals surface area contributed by atoms with E-state index in [-0.39, 0.29) is 5.69 Å². The van der Waals surface area contributed by atoms with E-state index in [0.717, 1.165) is 16.5 Å². The Morgan fingerprint density at radius 1 is 1.04 bits per heavy atom. The Labute approximate surface area is 164 Å². The van der Waals surface area contributed by atoms with Crippen molar-refractivity contribution in [3.05, 3.63) is 77.1 Å². The Morgan fingerprint density at radius 3 is 2.54 bits per heavy atom. The number of hydrogen-bond acceptors (Lipinski definition) is 4. The van der Waals surface area contributed by atoms with E-state index in [1.54, 1.807) is 30.5 Å². The zero-order valence-corrected chi connectivity index (χ0v) is 15.5. The lowest BCUT2D eigenvalue weighted by Gasteiger charge is -2.04. The van der Waals surface area contributed by atoms with Crippen molar-refractivity contribution in [1.29, 1.82) is 0 Å². The average Bonchev–Trinajstić information content (AvgIpc) is 3.32. The first kappa shape index (κ1) is 17.8. The fraction of sp³-hybridized carbons (Fsp3) is 0.0500. The Kier molecular flexibility index (Phi) is 4.58. The van der Waals surface area contributed by atoms with Gasteiger partial charge in [-0.25, -0.2) is 0 Å². The first-order chi connectivity index (χ1) is 13.5. The highest BCUT2D eigenvalue weighted by molar-refractivity contribution is 6.30. The van der Waals surface area contributed by atoms with Crippen LogP contribution in [0.2, 0.25) is 5.02 Å². The maximum atomic E-state index is 12.5. The van der Waals surface area contributed by atoms with Gasteiger partial charge < -0.3 is 9.09 Å². The van der Waals surface area contributed by atoms with Crippen molar-refractivity contribution in [2.45, 2.75) is 0 Å². The monoisotopic (exact) mass is 394 g/mol. The molecule has 0 aliphatic heterocycles. The summed E-state index contributed by atoms with van der Waals surface area (Å²) in [6, 6.07) is 15.9. The zero-order valence-electron chi connectivity index (χ0n) is 14.8. The summed E-state index contributed by atoms with van der Waals surface area (Å²) in [6.07, 6.45) is 1.71. The molecule has 4 aromatic rings. The summed E-state index contributed by atoms with van der Waals surface area (Å²) in [5.74, 6) is -0.591. The highest BCUT2D eigenvalue weighted by atomic mass is 35.5. The van der Waals surface area contributed by atoms with Gasteiger partial charge >= 0.3 is 0 Å². The summed E-state index contributed by atoms with van der Waals surface area (Å²) in [4.78, 5) is 24.7. The van der Waals surface area contributed by atoms with E-state index >= 15 is 0 Å². The molecule has 0 saturated heterocycles. The van der Waals surface area contributed by atoms with Gasteiger partial charge in [-0.15, -0.1) is 0 Å². The second kappa shape index (κ2) is 7.21. The van der Waals surface area contributed by atoms with Crippen molar-refractivity contribution in [2.75, 3.05) is 0 Å². The second-order valence-corrected chi connectivity index (χ2v) is 6.60. The molecule has 0 spiro atoms. The van der Waals surface area contributed by atoms with Crippen molar-refractivity contribution in [2.24, 2.45) is 7.05 Å². The number of rotatable bonds is 3. The van der Waals surface area contributed by atoms with Gasteiger partial charge in [0, 0.05) is 40.8 Å². The Morgan fingerprint density at radius 2 is 1.75 bits per heavy atom. The molecule has 2 aromatic heterocycles. The molecule has 0 aliphatic rings. The van der Waals surface area contributed by atoms with Gasteiger partial charge in [-0.1, -0.05) is 35.0 Å². The number of aryl methyl sites for hydroxylation is 1. The molecular weight excluding hydrogens is 380 g/mol. The molecule has 4 rings (SSSR count). The number of hydrazine groups is 1. The SMILES string of the molecule is Cn1cc(C(=O)NNC(=O)c2cc(-c3ccc(Cl)cc3)on2)c2ccccc21. The van der Waals surface area contributed by atoms with E-state index in [9.17, 15) is 9.59 Å². The quantitative estimate of drug-likeness (QED) is 0.520. The molecule has 0 unspecified atom stereocenters. The molecule has 0 radical (unpaired) electrons. The van der Waals surface area contributed by atoms with Crippen LogP contribution in [0.5, 0.6) is 0 Å². The van der Waals surface area contributed by atoms with E-state index in [1.807, 2.05) is 35.9 Å². The van der Waals surface area contributed by atoms with Gasteiger partial charge in [-0.2, -0.15) is 0 Å². The number of benzene rings is 2. The third-order valence-corrected chi connectivity index (χ3v) is 4.55. The Hall–Kier alpha value is -3.58. The van der Waals surface area contributed by atoms with Crippen LogP contribution in [0.3, 0.4) is 0 Å². The molecule has 140 valence electrons. The smallest absolute Gasteiger partial charge is 0.291 e. The number of carbonyl (C=O) groups excluding carboxylic acids is 2. The summed E-state index contributed by atoms with van der Waals surface area (Å²) >= 11 is 5.86. The topological polar surface area (TPSA) is 89.2 Å². The molecule has 2 aromatic carbocycles. The van der Waals surface area contributed by atoms with Crippen LogP contribution in [0.1, 0.15) is 20.8 Å².